The summed E-state index contributed by atoms with van der Waals surface area (Å²) in [5, 5.41) is 3.58. The maximum absolute atomic E-state index is 14.0. The van der Waals surface area contributed by atoms with Crippen LogP contribution >= 0.6 is 0 Å². The van der Waals surface area contributed by atoms with Crippen LogP contribution in [0, 0.1) is 5.82 Å². The average molecular weight is 266 g/mol. The van der Waals surface area contributed by atoms with Gasteiger partial charge >= 0.3 is 0 Å². The zero-order chi connectivity index (χ0) is 13.4. The van der Waals surface area contributed by atoms with E-state index >= 15 is 0 Å². The number of nitrogen functional groups attached to an aromatic ring is 1. The number of fused-ring (bicyclic) bond motifs is 1. The first-order chi connectivity index (χ1) is 9.20. The van der Waals surface area contributed by atoms with Gasteiger partial charge in [-0.1, -0.05) is 5.16 Å². The molecule has 0 fully saturated rings. The van der Waals surface area contributed by atoms with Crippen molar-refractivity contribution < 1.29 is 23.1 Å². The molecule has 0 saturated heterocycles. The summed E-state index contributed by atoms with van der Waals surface area (Å²) in [6, 6.07) is 2.69. The van der Waals surface area contributed by atoms with Gasteiger partial charge in [0.25, 0.3) is 0 Å². The maximum Gasteiger partial charge on any atom is 0.176 e. The quantitative estimate of drug-likeness (QED) is 0.893. The Morgan fingerprint density at radius 3 is 2.79 bits per heavy atom. The molecule has 6 nitrogen and oxygen atoms in total. The zero-order valence-corrected chi connectivity index (χ0v) is 10.1. The first-order valence-corrected chi connectivity index (χ1v) is 5.59. The zero-order valence-electron chi connectivity index (χ0n) is 10.1. The number of aromatic nitrogens is 1. The predicted octanol–water partition coefficient (Wildman–Crippen LogP) is 1.84. The molecule has 2 N–H and O–H groups in total. The van der Waals surface area contributed by atoms with E-state index < -0.39 is 5.82 Å². The lowest BCUT2D eigenvalue weighted by Crippen LogP contribution is -2.16. The van der Waals surface area contributed by atoms with E-state index in [-0.39, 0.29) is 17.3 Å². The minimum absolute atomic E-state index is 0.000370. The third-order valence-electron chi connectivity index (χ3n) is 2.72. The first-order valence-electron chi connectivity index (χ1n) is 5.59. The van der Waals surface area contributed by atoms with Crippen molar-refractivity contribution >= 4 is 5.82 Å². The molecule has 0 saturated carbocycles. The van der Waals surface area contributed by atoms with E-state index in [2.05, 4.69) is 5.16 Å². The van der Waals surface area contributed by atoms with Gasteiger partial charge in [0.05, 0.1) is 7.11 Å². The van der Waals surface area contributed by atoms with Crippen LogP contribution in [-0.4, -0.2) is 25.5 Å². The second-order valence-corrected chi connectivity index (χ2v) is 3.91. The van der Waals surface area contributed by atoms with Gasteiger partial charge in [0.1, 0.15) is 18.8 Å². The van der Waals surface area contributed by atoms with Crippen LogP contribution in [0.4, 0.5) is 10.2 Å². The Labute approximate surface area is 107 Å². The van der Waals surface area contributed by atoms with Gasteiger partial charge in [-0.15, -0.1) is 0 Å². The van der Waals surface area contributed by atoms with Crippen LogP contribution in [0.1, 0.15) is 0 Å². The Balaban J connectivity index is 2.27. The molecule has 0 spiro atoms. The Morgan fingerprint density at radius 1 is 1.32 bits per heavy atom. The fourth-order valence-electron chi connectivity index (χ4n) is 1.97. The summed E-state index contributed by atoms with van der Waals surface area (Å²) >= 11 is 0. The number of halogens is 1. The highest BCUT2D eigenvalue weighted by molar-refractivity contribution is 5.78. The number of benzene rings is 1. The molecule has 0 aliphatic carbocycles. The number of rotatable bonds is 2. The monoisotopic (exact) mass is 266 g/mol. The van der Waals surface area contributed by atoms with Crippen LogP contribution in [0.2, 0.25) is 0 Å². The van der Waals surface area contributed by atoms with Crippen molar-refractivity contribution in [3.63, 3.8) is 0 Å². The van der Waals surface area contributed by atoms with E-state index in [1.165, 1.54) is 19.2 Å². The second-order valence-electron chi connectivity index (χ2n) is 3.91. The summed E-state index contributed by atoms with van der Waals surface area (Å²) in [6.07, 6.45) is 0. The summed E-state index contributed by atoms with van der Waals surface area (Å²) in [7, 11) is 1.36. The normalized spacial score (nSPS) is 13.4. The number of hydrogen-bond donors (Lipinski definition) is 1. The van der Waals surface area contributed by atoms with Gasteiger partial charge in [-0.25, -0.2) is 4.39 Å². The standard InChI is InChI=1S/C12H11FN2O4/c1-16-11-6(13)4-8-12(18-3-2-17-8)10(11)7-5-9(14)15-19-7/h4-5H,2-3H2,1H3,(H2,14,15). The number of hydrogen-bond acceptors (Lipinski definition) is 6. The number of methoxy groups -OCH3 is 1. The van der Waals surface area contributed by atoms with E-state index in [1.54, 1.807) is 0 Å². The highest BCUT2D eigenvalue weighted by atomic mass is 19.1. The lowest BCUT2D eigenvalue weighted by Gasteiger charge is -2.22. The van der Waals surface area contributed by atoms with Crippen molar-refractivity contribution in [2.45, 2.75) is 0 Å². The van der Waals surface area contributed by atoms with E-state index in [9.17, 15) is 4.39 Å². The van der Waals surface area contributed by atoms with Crippen molar-refractivity contribution in [2.24, 2.45) is 0 Å². The average Bonchev–Trinajstić information content (AvgIpc) is 2.83. The molecule has 1 aromatic carbocycles. The second kappa shape index (κ2) is 4.34. The minimum Gasteiger partial charge on any atom is -0.493 e. The largest absolute Gasteiger partial charge is 0.493 e. The molecular weight excluding hydrogens is 255 g/mol. The van der Waals surface area contributed by atoms with Gasteiger partial charge < -0.3 is 24.5 Å². The van der Waals surface area contributed by atoms with Crippen LogP contribution in [-0.2, 0) is 0 Å². The van der Waals surface area contributed by atoms with Gasteiger partial charge in [-0.05, 0) is 0 Å². The maximum atomic E-state index is 14.0. The molecular formula is C12H11FN2O4. The minimum atomic E-state index is -0.572. The molecule has 3 rings (SSSR count). The van der Waals surface area contributed by atoms with Gasteiger partial charge in [0.2, 0.25) is 0 Å². The van der Waals surface area contributed by atoms with Crippen LogP contribution in [0.5, 0.6) is 17.2 Å². The lowest BCUT2D eigenvalue weighted by molar-refractivity contribution is 0.170. The summed E-state index contributed by atoms with van der Waals surface area (Å²) in [5.74, 6) is 0.537. The molecule has 1 aliphatic rings. The molecule has 0 atom stereocenters. The Hall–Kier alpha value is -2.44. The number of anilines is 1. The van der Waals surface area contributed by atoms with Gasteiger partial charge in [0, 0.05) is 12.1 Å². The van der Waals surface area contributed by atoms with Gasteiger partial charge in [-0.2, -0.15) is 0 Å². The molecule has 0 unspecified atom stereocenters. The van der Waals surface area contributed by atoms with Crippen molar-refractivity contribution in [1.29, 1.82) is 0 Å². The van der Waals surface area contributed by atoms with Crippen LogP contribution in [0.3, 0.4) is 0 Å². The lowest BCUT2D eigenvalue weighted by atomic mass is 10.1. The summed E-state index contributed by atoms with van der Waals surface area (Å²) in [4.78, 5) is 0. The summed E-state index contributed by atoms with van der Waals surface area (Å²) in [5.41, 5.74) is 5.82. The van der Waals surface area contributed by atoms with Crippen LogP contribution in [0.15, 0.2) is 16.7 Å². The fraction of sp³-hybridized carbons (Fsp3) is 0.250. The summed E-state index contributed by atoms with van der Waals surface area (Å²) in [6.45, 7) is 0.717. The van der Waals surface area contributed by atoms with Gasteiger partial charge in [-0.3, -0.25) is 0 Å². The molecule has 1 aromatic heterocycles. The molecule has 19 heavy (non-hydrogen) atoms. The summed E-state index contributed by atoms with van der Waals surface area (Å²) < 4.78 is 35.0. The molecule has 0 amide bonds. The number of nitrogens with two attached hydrogens (primary N) is 1. The van der Waals surface area contributed by atoms with E-state index in [0.29, 0.717) is 30.3 Å². The number of nitrogens with zero attached hydrogens (tertiary/aromatic N) is 1. The SMILES string of the molecule is COc1c(F)cc2c(c1-c1cc(N)no1)OCCO2. The third kappa shape index (κ3) is 1.83. The van der Waals surface area contributed by atoms with E-state index in [1.807, 2.05) is 0 Å². The van der Waals surface area contributed by atoms with E-state index in [4.69, 9.17) is 24.5 Å². The van der Waals surface area contributed by atoms with E-state index in [0.717, 1.165) is 0 Å². The highest BCUT2D eigenvalue weighted by Crippen LogP contribution is 2.47. The van der Waals surface area contributed by atoms with Crippen LogP contribution < -0.4 is 19.9 Å². The molecule has 7 heteroatoms. The third-order valence-corrected chi connectivity index (χ3v) is 2.72. The van der Waals surface area contributed by atoms with Crippen LogP contribution in [0.25, 0.3) is 11.3 Å². The molecule has 0 radical (unpaired) electrons. The smallest absolute Gasteiger partial charge is 0.176 e. The molecule has 2 heterocycles. The molecule has 100 valence electrons. The fourth-order valence-corrected chi connectivity index (χ4v) is 1.97. The Bertz CT molecular complexity index is 626. The molecule has 0 bridgehead atoms. The van der Waals surface area contributed by atoms with Gasteiger partial charge in [0.15, 0.2) is 34.6 Å². The van der Waals surface area contributed by atoms with Crippen molar-refractivity contribution in [2.75, 3.05) is 26.1 Å². The van der Waals surface area contributed by atoms with Crippen molar-refractivity contribution in [1.82, 2.24) is 5.16 Å². The number of ether oxygens (including phenoxy) is 3. The first kappa shape index (κ1) is 11.6. The molecule has 2 aromatic rings. The highest BCUT2D eigenvalue weighted by Gasteiger charge is 2.27. The predicted molar refractivity (Wildman–Crippen MR) is 63.9 cm³/mol. The van der Waals surface area contributed by atoms with Crippen molar-refractivity contribution in [3.8, 4) is 28.6 Å². The Morgan fingerprint density at radius 2 is 2.11 bits per heavy atom. The molecule has 1 aliphatic heterocycles. The topological polar surface area (TPSA) is 79.7 Å². The Kier molecular flexibility index (Phi) is 2.66. The van der Waals surface area contributed by atoms with Crippen molar-refractivity contribution in [3.05, 3.63) is 17.9 Å².